The van der Waals surface area contributed by atoms with Crippen molar-refractivity contribution in [3.63, 3.8) is 0 Å². The van der Waals surface area contributed by atoms with Gasteiger partial charge in [-0.3, -0.25) is 0 Å². The number of thioether (sulfide) groups is 1. The van der Waals surface area contributed by atoms with E-state index in [4.69, 9.17) is 32.8 Å². The van der Waals surface area contributed by atoms with E-state index in [2.05, 4.69) is 5.16 Å². The van der Waals surface area contributed by atoms with Crippen LogP contribution in [0.2, 0.25) is 5.02 Å². The van der Waals surface area contributed by atoms with E-state index in [-0.39, 0.29) is 11.7 Å². The number of hydrogen-bond acceptors (Lipinski definition) is 4. The molecule has 0 spiro atoms. The molecule has 116 valence electrons. The Balaban J connectivity index is 1.95. The van der Waals surface area contributed by atoms with Crippen molar-refractivity contribution < 1.29 is 9.57 Å². The second-order valence-electron chi connectivity index (χ2n) is 5.56. The Labute approximate surface area is 140 Å². The van der Waals surface area contributed by atoms with Gasteiger partial charge in [0.15, 0.2) is 5.60 Å². The molecule has 1 atom stereocenters. The first-order chi connectivity index (χ1) is 9.92. The van der Waals surface area contributed by atoms with Crippen molar-refractivity contribution in [2.75, 3.05) is 5.88 Å². The lowest BCUT2D eigenvalue weighted by molar-refractivity contribution is 0.0152. The summed E-state index contributed by atoms with van der Waals surface area (Å²) in [6.45, 7) is 5.93. The van der Waals surface area contributed by atoms with Gasteiger partial charge in [0.25, 0.3) is 0 Å². The molecule has 3 nitrogen and oxygen atoms in total. The summed E-state index contributed by atoms with van der Waals surface area (Å²) < 4.78 is 5.69. The first kappa shape index (κ1) is 16.8. The van der Waals surface area contributed by atoms with Gasteiger partial charge in [0.1, 0.15) is 10.8 Å². The molecule has 0 fully saturated rings. The number of ether oxygens (including phenoxy) is 1. The molecular formula is C15H19Cl2NO2S. The van der Waals surface area contributed by atoms with E-state index in [1.54, 1.807) is 11.8 Å². The van der Waals surface area contributed by atoms with Gasteiger partial charge in [-0.1, -0.05) is 22.8 Å². The van der Waals surface area contributed by atoms with Crippen molar-refractivity contribution in [1.29, 1.82) is 0 Å². The van der Waals surface area contributed by atoms with Gasteiger partial charge in [-0.25, -0.2) is 0 Å². The van der Waals surface area contributed by atoms with Crippen molar-refractivity contribution in [2.24, 2.45) is 5.16 Å². The number of halogens is 2. The van der Waals surface area contributed by atoms with Crippen LogP contribution in [0, 0.1) is 0 Å². The number of alkyl halides is 1. The van der Waals surface area contributed by atoms with Crippen LogP contribution < -0.4 is 4.74 Å². The summed E-state index contributed by atoms with van der Waals surface area (Å²) in [7, 11) is 0. The highest BCUT2D eigenvalue weighted by Gasteiger charge is 2.33. The zero-order valence-electron chi connectivity index (χ0n) is 12.4. The maximum Gasteiger partial charge on any atom is 0.154 e. The third kappa shape index (κ3) is 4.70. The maximum absolute atomic E-state index is 6.13. The standard InChI is InChI=1S/C15H19Cl2NO2S/c1-10(2)19-13-6-11(4-5-12(13)17)8-21-14-7-15(3,9-16)20-18-14/h4-6,10H,7-9H2,1-3H3. The fraction of sp³-hybridized carbons (Fsp3) is 0.533. The molecular weight excluding hydrogens is 329 g/mol. The number of benzene rings is 1. The fourth-order valence-electron chi connectivity index (χ4n) is 1.84. The molecule has 1 aromatic rings. The largest absolute Gasteiger partial charge is 0.489 e. The molecule has 2 rings (SSSR count). The fourth-order valence-corrected chi connectivity index (χ4v) is 3.16. The van der Waals surface area contributed by atoms with Gasteiger partial charge < -0.3 is 9.57 Å². The van der Waals surface area contributed by atoms with Crippen molar-refractivity contribution >= 4 is 40.0 Å². The van der Waals surface area contributed by atoms with E-state index >= 15 is 0 Å². The first-order valence-corrected chi connectivity index (χ1v) is 8.70. The number of hydrogen-bond donors (Lipinski definition) is 0. The average molecular weight is 348 g/mol. The molecule has 1 unspecified atom stereocenters. The van der Waals surface area contributed by atoms with Gasteiger partial charge >= 0.3 is 0 Å². The Morgan fingerprint density at radius 3 is 2.86 bits per heavy atom. The van der Waals surface area contributed by atoms with Crippen molar-refractivity contribution in [1.82, 2.24) is 0 Å². The highest BCUT2D eigenvalue weighted by molar-refractivity contribution is 8.13. The zero-order valence-corrected chi connectivity index (χ0v) is 14.7. The van der Waals surface area contributed by atoms with E-state index in [0.29, 0.717) is 10.9 Å². The molecule has 0 aromatic heterocycles. The minimum Gasteiger partial charge on any atom is -0.489 e. The molecule has 1 heterocycles. The Morgan fingerprint density at radius 1 is 1.48 bits per heavy atom. The number of nitrogens with zero attached hydrogens (tertiary/aromatic N) is 1. The van der Waals surface area contributed by atoms with Gasteiger partial charge in [-0.05, 0) is 38.5 Å². The molecule has 0 radical (unpaired) electrons. The van der Waals surface area contributed by atoms with Gasteiger partial charge in [0, 0.05) is 12.2 Å². The predicted molar refractivity (Wildman–Crippen MR) is 90.8 cm³/mol. The monoisotopic (exact) mass is 347 g/mol. The van der Waals surface area contributed by atoms with Crippen LogP contribution in [0.3, 0.4) is 0 Å². The lowest BCUT2D eigenvalue weighted by Crippen LogP contribution is -2.26. The molecule has 6 heteroatoms. The van der Waals surface area contributed by atoms with Gasteiger partial charge in [0.05, 0.1) is 17.0 Å². The van der Waals surface area contributed by atoms with E-state index in [0.717, 1.165) is 28.5 Å². The van der Waals surface area contributed by atoms with Crippen LogP contribution in [-0.4, -0.2) is 22.6 Å². The summed E-state index contributed by atoms with van der Waals surface area (Å²) in [5.41, 5.74) is 0.776. The van der Waals surface area contributed by atoms with E-state index in [9.17, 15) is 0 Å². The minimum atomic E-state index is -0.365. The Morgan fingerprint density at radius 2 is 2.24 bits per heavy atom. The van der Waals surface area contributed by atoms with Gasteiger partial charge in [-0.2, -0.15) is 0 Å². The topological polar surface area (TPSA) is 30.8 Å². The molecule has 0 amide bonds. The van der Waals surface area contributed by atoms with Crippen molar-refractivity contribution in [2.45, 2.75) is 44.6 Å². The summed E-state index contributed by atoms with van der Waals surface area (Å²) in [6, 6.07) is 5.84. The SMILES string of the molecule is CC(C)Oc1cc(CSC2=NOC(C)(CCl)C2)ccc1Cl. The normalized spacial score (nSPS) is 21.3. The van der Waals surface area contributed by atoms with Crippen LogP contribution in [0.1, 0.15) is 32.8 Å². The predicted octanol–water partition coefficient (Wildman–Crippen LogP) is 5.09. The lowest BCUT2D eigenvalue weighted by Gasteiger charge is -2.16. The highest BCUT2D eigenvalue weighted by Crippen LogP contribution is 2.32. The summed E-state index contributed by atoms with van der Waals surface area (Å²) in [4.78, 5) is 5.38. The molecule has 0 bridgehead atoms. The van der Waals surface area contributed by atoms with Crippen LogP contribution in [-0.2, 0) is 10.6 Å². The zero-order chi connectivity index (χ0) is 15.5. The van der Waals surface area contributed by atoms with Crippen molar-refractivity contribution in [3.05, 3.63) is 28.8 Å². The summed E-state index contributed by atoms with van der Waals surface area (Å²) in [5.74, 6) is 1.96. The summed E-state index contributed by atoms with van der Waals surface area (Å²) in [6.07, 6.45) is 0.854. The first-order valence-electron chi connectivity index (χ1n) is 6.81. The van der Waals surface area contributed by atoms with E-state index < -0.39 is 0 Å². The van der Waals surface area contributed by atoms with Crippen molar-refractivity contribution in [3.8, 4) is 5.75 Å². The van der Waals surface area contributed by atoms with Crippen LogP contribution in [0.4, 0.5) is 0 Å². The number of rotatable bonds is 5. The van der Waals surface area contributed by atoms with E-state index in [1.165, 1.54) is 0 Å². The van der Waals surface area contributed by atoms with Crippen LogP contribution in [0.25, 0.3) is 0 Å². The third-order valence-corrected chi connectivity index (χ3v) is 4.85. The quantitative estimate of drug-likeness (QED) is 0.695. The smallest absolute Gasteiger partial charge is 0.154 e. The second kappa shape index (κ2) is 7.12. The molecule has 1 aliphatic rings. The Hall–Kier alpha value is -0.580. The van der Waals surface area contributed by atoms with Gasteiger partial charge in [0.2, 0.25) is 0 Å². The number of oxime groups is 1. The van der Waals surface area contributed by atoms with Crippen LogP contribution >= 0.6 is 35.0 Å². The molecule has 0 N–H and O–H groups in total. The molecule has 0 aliphatic carbocycles. The molecule has 1 aliphatic heterocycles. The van der Waals surface area contributed by atoms with Crippen LogP contribution in [0.5, 0.6) is 5.75 Å². The molecule has 21 heavy (non-hydrogen) atoms. The second-order valence-corrected chi connectivity index (χ2v) is 7.28. The minimum absolute atomic E-state index is 0.0995. The van der Waals surface area contributed by atoms with Gasteiger partial charge in [-0.15, -0.1) is 23.4 Å². The lowest BCUT2D eigenvalue weighted by atomic mass is 10.1. The Kier molecular flexibility index (Phi) is 5.69. The maximum atomic E-state index is 6.13. The molecule has 0 saturated heterocycles. The summed E-state index contributed by atoms with van der Waals surface area (Å²) in [5, 5.41) is 5.71. The summed E-state index contributed by atoms with van der Waals surface area (Å²) >= 11 is 13.7. The van der Waals surface area contributed by atoms with E-state index in [1.807, 2.05) is 39.0 Å². The Bertz CT molecular complexity index is 536. The van der Waals surface area contributed by atoms with Crippen LogP contribution in [0.15, 0.2) is 23.4 Å². The molecule has 0 saturated carbocycles. The molecule has 1 aromatic carbocycles. The highest BCUT2D eigenvalue weighted by atomic mass is 35.5. The third-order valence-electron chi connectivity index (χ3n) is 2.94. The average Bonchev–Trinajstić information content (AvgIpc) is 2.82.